The minimum Gasteiger partial charge on any atom is -0.360 e. The van der Waals surface area contributed by atoms with E-state index in [1.165, 1.54) is 17.8 Å². The molecule has 0 aliphatic carbocycles. The van der Waals surface area contributed by atoms with Crippen LogP contribution in [0.1, 0.15) is 5.56 Å². The minimum atomic E-state index is -0.214. The number of hydrogen-bond acceptors (Lipinski definition) is 2. The molecule has 0 aliphatic heterocycles. The van der Waals surface area contributed by atoms with E-state index < -0.39 is 0 Å². The van der Waals surface area contributed by atoms with Crippen molar-refractivity contribution < 1.29 is 4.39 Å². The zero-order valence-corrected chi connectivity index (χ0v) is 13.0. The van der Waals surface area contributed by atoms with E-state index in [-0.39, 0.29) is 5.82 Å². The summed E-state index contributed by atoms with van der Waals surface area (Å²) in [5.41, 5.74) is 1.94. The van der Waals surface area contributed by atoms with Crippen LogP contribution in [0.3, 0.4) is 0 Å². The summed E-state index contributed by atoms with van der Waals surface area (Å²) in [5.74, 6) is -0.214. The van der Waals surface area contributed by atoms with Crippen LogP contribution in [0.4, 0.5) is 4.39 Å². The molecule has 0 radical (unpaired) electrons. The molecule has 0 spiro atoms. The van der Waals surface area contributed by atoms with Crippen molar-refractivity contribution >= 4 is 34.3 Å². The number of fused-ring (bicyclic) bond motifs is 1. The Morgan fingerprint density at radius 2 is 2.10 bits per heavy atom. The Hall–Kier alpha value is -1.49. The van der Waals surface area contributed by atoms with Crippen molar-refractivity contribution in [1.82, 2.24) is 10.3 Å². The van der Waals surface area contributed by atoms with Gasteiger partial charge in [0.1, 0.15) is 5.82 Å². The van der Waals surface area contributed by atoms with E-state index in [9.17, 15) is 4.39 Å². The second-order valence-electron chi connectivity index (χ2n) is 4.70. The van der Waals surface area contributed by atoms with Crippen LogP contribution in [-0.4, -0.2) is 12.0 Å². The molecule has 2 aromatic carbocycles. The lowest BCUT2D eigenvalue weighted by Crippen LogP contribution is -2.05. The molecule has 1 aromatic heterocycles. The molecule has 0 aliphatic rings. The first-order chi connectivity index (χ1) is 10.2. The molecule has 21 heavy (non-hydrogen) atoms. The highest BCUT2D eigenvalue weighted by Crippen LogP contribution is 2.37. The fourth-order valence-corrected chi connectivity index (χ4v) is 3.63. The summed E-state index contributed by atoms with van der Waals surface area (Å²) in [7, 11) is 1.90. The number of aromatic nitrogens is 1. The maximum atomic E-state index is 14.0. The van der Waals surface area contributed by atoms with E-state index in [0.29, 0.717) is 10.4 Å². The van der Waals surface area contributed by atoms with Gasteiger partial charge in [0.2, 0.25) is 0 Å². The summed E-state index contributed by atoms with van der Waals surface area (Å²) >= 11 is 7.61. The van der Waals surface area contributed by atoms with Crippen molar-refractivity contribution in [2.24, 2.45) is 0 Å². The fraction of sp³-hybridized carbons (Fsp3) is 0.125. The molecule has 108 valence electrons. The van der Waals surface area contributed by atoms with Crippen LogP contribution in [0.2, 0.25) is 5.02 Å². The van der Waals surface area contributed by atoms with Gasteiger partial charge in [-0.1, -0.05) is 35.5 Å². The second kappa shape index (κ2) is 6.10. The van der Waals surface area contributed by atoms with Crippen LogP contribution in [0.15, 0.2) is 52.4 Å². The van der Waals surface area contributed by atoms with Crippen LogP contribution in [-0.2, 0) is 6.54 Å². The van der Waals surface area contributed by atoms with E-state index in [2.05, 4.69) is 10.3 Å². The molecule has 0 unspecified atom stereocenters. The van der Waals surface area contributed by atoms with Crippen LogP contribution < -0.4 is 5.32 Å². The number of nitrogens with one attached hydrogen (secondary N) is 2. The SMILES string of the molecule is CNCc1ccc(Cl)cc1Sc1c[nH]c2cccc(F)c12. The molecule has 0 fully saturated rings. The highest BCUT2D eigenvalue weighted by molar-refractivity contribution is 7.99. The lowest BCUT2D eigenvalue weighted by Gasteiger charge is -2.09. The van der Waals surface area contributed by atoms with Gasteiger partial charge in [-0.05, 0) is 36.9 Å². The summed E-state index contributed by atoms with van der Waals surface area (Å²) in [4.78, 5) is 5.00. The predicted molar refractivity (Wildman–Crippen MR) is 86.6 cm³/mol. The van der Waals surface area contributed by atoms with Crippen molar-refractivity contribution in [3.8, 4) is 0 Å². The van der Waals surface area contributed by atoms with Gasteiger partial charge in [-0.25, -0.2) is 4.39 Å². The molecule has 0 saturated heterocycles. The molecule has 3 rings (SSSR count). The van der Waals surface area contributed by atoms with Gasteiger partial charge in [-0.2, -0.15) is 0 Å². The average molecular weight is 321 g/mol. The van der Waals surface area contributed by atoms with Crippen LogP contribution in [0, 0.1) is 5.82 Å². The van der Waals surface area contributed by atoms with Gasteiger partial charge in [-0.3, -0.25) is 0 Å². The number of benzene rings is 2. The standard InChI is InChI=1S/C16H14ClFN2S/c1-19-8-10-5-6-11(17)7-14(10)21-15-9-20-13-4-2-3-12(18)16(13)15/h2-7,9,19-20H,8H2,1H3. The lowest BCUT2D eigenvalue weighted by atomic mass is 10.2. The smallest absolute Gasteiger partial charge is 0.133 e. The Balaban J connectivity index is 2.04. The van der Waals surface area contributed by atoms with Gasteiger partial charge >= 0.3 is 0 Å². The van der Waals surface area contributed by atoms with Crippen molar-refractivity contribution in [1.29, 1.82) is 0 Å². The monoisotopic (exact) mass is 320 g/mol. The average Bonchev–Trinajstić information content (AvgIpc) is 2.87. The zero-order chi connectivity index (χ0) is 14.8. The van der Waals surface area contributed by atoms with Gasteiger partial charge in [-0.15, -0.1) is 0 Å². The fourth-order valence-electron chi connectivity index (χ4n) is 2.27. The number of hydrogen-bond donors (Lipinski definition) is 2. The van der Waals surface area contributed by atoms with E-state index in [0.717, 1.165) is 27.4 Å². The topological polar surface area (TPSA) is 27.8 Å². The first kappa shape index (κ1) is 14.4. The molecular formula is C16H14ClFN2S. The molecule has 2 N–H and O–H groups in total. The third kappa shape index (κ3) is 2.93. The van der Waals surface area contributed by atoms with Crippen molar-refractivity contribution in [2.45, 2.75) is 16.3 Å². The number of halogens is 2. The summed E-state index contributed by atoms with van der Waals surface area (Å²) in [6.07, 6.45) is 1.84. The number of rotatable bonds is 4. The van der Waals surface area contributed by atoms with Crippen LogP contribution in [0.25, 0.3) is 10.9 Å². The second-order valence-corrected chi connectivity index (χ2v) is 6.22. The van der Waals surface area contributed by atoms with Gasteiger partial charge in [0.15, 0.2) is 0 Å². The summed E-state index contributed by atoms with van der Waals surface area (Å²) in [6.45, 7) is 0.740. The minimum absolute atomic E-state index is 0.214. The maximum absolute atomic E-state index is 14.0. The first-order valence-electron chi connectivity index (χ1n) is 6.55. The van der Waals surface area contributed by atoms with Crippen molar-refractivity contribution in [3.63, 3.8) is 0 Å². The molecule has 1 heterocycles. The van der Waals surface area contributed by atoms with E-state index in [1.807, 2.05) is 37.5 Å². The highest BCUT2D eigenvalue weighted by atomic mass is 35.5. The molecule has 0 atom stereocenters. The van der Waals surface area contributed by atoms with Gasteiger partial charge in [0.05, 0.1) is 0 Å². The molecule has 3 aromatic rings. The molecule has 5 heteroatoms. The van der Waals surface area contributed by atoms with Crippen molar-refractivity contribution in [3.05, 3.63) is 59.0 Å². The molecular weight excluding hydrogens is 307 g/mol. The predicted octanol–water partition coefficient (Wildman–Crippen LogP) is 4.83. The Morgan fingerprint density at radius 1 is 1.24 bits per heavy atom. The zero-order valence-electron chi connectivity index (χ0n) is 11.4. The lowest BCUT2D eigenvalue weighted by molar-refractivity contribution is 0.638. The van der Waals surface area contributed by atoms with Crippen LogP contribution in [0.5, 0.6) is 0 Å². The summed E-state index contributed by atoms with van der Waals surface area (Å²) in [5, 5.41) is 4.44. The normalized spacial score (nSPS) is 11.2. The Kier molecular flexibility index (Phi) is 4.19. The Bertz CT molecular complexity index is 785. The third-order valence-electron chi connectivity index (χ3n) is 3.24. The van der Waals surface area contributed by atoms with Gasteiger partial charge < -0.3 is 10.3 Å². The van der Waals surface area contributed by atoms with Gasteiger partial charge in [0, 0.05) is 38.5 Å². The third-order valence-corrected chi connectivity index (χ3v) is 4.61. The summed E-state index contributed by atoms with van der Waals surface area (Å²) < 4.78 is 14.0. The van der Waals surface area contributed by atoms with E-state index >= 15 is 0 Å². The Labute approximate surface area is 131 Å². The molecule has 2 nitrogen and oxygen atoms in total. The van der Waals surface area contributed by atoms with E-state index in [4.69, 9.17) is 11.6 Å². The quantitative estimate of drug-likeness (QED) is 0.720. The van der Waals surface area contributed by atoms with Crippen LogP contribution >= 0.6 is 23.4 Å². The molecule has 0 bridgehead atoms. The first-order valence-corrected chi connectivity index (χ1v) is 7.75. The largest absolute Gasteiger partial charge is 0.360 e. The molecule has 0 saturated carbocycles. The number of aromatic amines is 1. The molecule has 0 amide bonds. The van der Waals surface area contributed by atoms with Crippen molar-refractivity contribution in [2.75, 3.05) is 7.05 Å². The Morgan fingerprint density at radius 3 is 2.90 bits per heavy atom. The van der Waals surface area contributed by atoms with E-state index in [1.54, 1.807) is 6.07 Å². The number of H-pyrrole nitrogens is 1. The summed E-state index contributed by atoms with van der Waals surface area (Å²) in [6, 6.07) is 10.8. The van der Waals surface area contributed by atoms with Gasteiger partial charge in [0.25, 0.3) is 0 Å². The maximum Gasteiger partial charge on any atom is 0.133 e. The highest BCUT2D eigenvalue weighted by Gasteiger charge is 2.12.